The van der Waals surface area contributed by atoms with Crippen LogP contribution in [0.15, 0.2) is 63.9 Å². The molecule has 0 radical (unpaired) electrons. The maximum absolute atomic E-state index is 15.3. The first-order valence-corrected chi connectivity index (χ1v) is 13.3. The van der Waals surface area contributed by atoms with Gasteiger partial charge >= 0.3 is 0 Å². The molecule has 3 rings (SSSR count). The Balaban J connectivity index is 1.81. The molecule has 1 amide bonds. The molecular weight excluding hydrogens is 577 g/mol. The van der Waals surface area contributed by atoms with Crippen LogP contribution in [0.4, 0.5) is 4.39 Å². The first-order valence-electron chi connectivity index (χ1n) is 10.2. The summed E-state index contributed by atoms with van der Waals surface area (Å²) in [7, 11) is -3.63. The lowest BCUT2D eigenvalue weighted by Crippen LogP contribution is -2.33. The van der Waals surface area contributed by atoms with Crippen molar-refractivity contribution >= 4 is 49.4 Å². The van der Waals surface area contributed by atoms with Crippen LogP contribution >= 0.6 is 27.5 Å². The molecule has 2 aromatic rings. The van der Waals surface area contributed by atoms with E-state index in [-0.39, 0.29) is 49.8 Å². The van der Waals surface area contributed by atoms with Crippen molar-refractivity contribution in [2.45, 2.75) is 13.3 Å². The second-order valence-electron chi connectivity index (χ2n) is 7.78. The number of rotatable bonds is 7. The van der Waals surface area contributed by atoms with Crippen LogP contribution in [0.2, 0.25) is 5.02 Å². The summed E-state index contributed by atoms with van der Waals surface area (Å²) in [6, 6.07) is 9.10. The van der Waals surface area contributed by atoms with Crippen LogP contribution in [0.3, 0.4) is 0 Å². The third-order valence-electron chi connectivity index (χ3n) is 5.01. The fourth-order valence-electron chi connectivity index (χ4n) is 3.36. The van der Waals surface area contributed by atoms with Crippen molar-refractivity contribution in [3.05, 3.63) is 85.9 Å². The summed E-state index contributed by atoms with van der Waals surface area (Å²) in [6.07, 6.45) is 3.37. The predicted octanol–water partition coefficient (Wildman–Crippen LogP) is 4.29. The van der Waals surface area contributed by atoms with Crippen LogP contribution in [-0.2, 0) is 26.0 Å². The van der Waals surface area contributed by atoms with Gasteiger partial charge < -0.3 is 10.1 Å². The summed E-state index contributed by atoms with van der Waals surface area (Å²) in [6.45, 7) is 1.59. The molecule has 36 heavy (non-hydrogen) atoms. The zero-order valence-corrected chi connectivity index (χ0v) is 22.0. The number of sulfonamides is 1. The number of carbonyl (C=O) groups is 1. The van der Waals surface area contributed by atoms with E-state index in [9.17, 15) is 18.0 Å². The van der Waals surface area contributed by atoms with Crippen molar-refractivity contribution in [2.24, 2.45) is 5.92 Å². The molecule has 2 aromatic carbocycles. The van der Waals surface area contributed by atoms with E-state index in [1.807, 2.05) is 6.07 Å². The minimum Gasteiger partial charge on any atom is -0.453 e. The maximum atomic E-state index is 15.3. The van der Waals surface area contributed by atoms with E-state index in [1.165, 1.54) is 42.5 Å². The molecule has 2 N–H and O–H groups in total. The summed E-state index contributed by atoms with van der Waals surface area (Å²) in [4.78, 5) is 24.1. The van der Waals surface area contributed by atoms with Crippen LogP contribution in [0.5, 0.6) is 11.5 Å². The highest BCUT2D eigenvalue weighted by Crippen LogP contribution is 2.36. The number of nitriles is 1. The Kier molecular flexibility index (Phi) is 8.38. The van der Waals surface area contributed by atoms with Gasteiger partial charge in [0.25, 0.3) is 0 Å². The molecule has 0 fully saturated rings. The van der Waals surface area contributed by atoms with E-state index in [0.29, 0.717) is 5.70 Å². The normalized spacial score (nSPS) is 15.2. The Bertz CT molecular complexity index is 1510. The van der Waals surface area contributed by atoms with Crippen molar-refractivity contribution in [1.29, 1.82) is 5.26 Å². The van der Waals surface area contributed by atoms with Gasteiger partial charge in [-0.25, -0.2) is 17.6 Å². The fraction of sp³-hybridized carbons (Fsp3) is 0.167. The van der Waals surface area contributed by atoms with Crippen molar-refractivity contribution in [3.63, 3.8) is 0 Å². The molecule has 0 heterocycles. The van der Waals surface area contributed by atoms with Crippen LogP contribution < -0.4 is 14.8 Å². The van der Waals surface area contributed by atoms with Crippen LogP contribution in [0.1, 0.15) is 18.1 Å². The van der Waals surface area contributed by atoms with Gasteiger partial charge in [-0.15, -0.1) is 0 Å². The molecule has 0 saturated heterocycles. The van der Waals surface area contributed by atoms with Gasteiger partial charge in [-0.3, -0.25) is 9.52 Å². The zero-order chi connectivity index (χ0) is 26.6. The van der Waals surface area contributed by atoms with Crippen molar-refractivity contribution in [1.82, 2.24) is 10.0 Å². The molecule has 186 valence electrons. The number of carbonyl (C=O) groups excluding carboxylic acids is 2. The molecule has 0 bridgehead atoms. The van der Waals surface area contributed by atoms with E-state index >= 15 is 4.39 Å². The number of hydrogen-bond donors (Lipinski definition) is 2. The van der Waals surface area contributed by atoms with Crippen molar-refractivity contribution < 1.29 is 27.1 Å². The molecule has 1 unspecified atom stereocenters. The average molecular weight is 595 g/mol. The third kappa shape index (κ3) is 6.62. The Hall–Kier alpha value is -3.42. The van der Waals surface area contributed by atoms with Crippen LogP contribution in [-0.4, -0.2) is 26.5 Å². The lowest BCUT2D eigenvalue weighted by Gasteiger charge is -2.23. The van der Waals surface area contributed by atoms with Crippen LogP contribution in [0.25, 0.3) is 0 Å². The number of allylic oxidation sites excluding steroid dienone is 4. The maximum Gasteiger partial charge on any atom is 0.229 e. The fourth-order valence-corrected chi connectivity index (χ4v) is 4.55. The largest absolute Gasteiger partial charge is 0.453 e. The van der Waals surface area contributed by atoms with Gasteiger partial charge in [-0.1, -0.05) is 24.6 Å². The van der Waals surface area contributed by atoms with E-state index in [2.05, 4.69) is 26.0 Å². The summed E-state index contributed by atoms with van der Waals surface area (Å²) in [5.41, 5.74) is 0.640. The molecule has 0 spiro atoms. The quantitative estimate of drug-likeness (QED) is 0.461. The Morgan fingerprint density at radius 3 is 2.64 bits per heavy atom. The molecule has 0 aliphatic heterocycles. The Morgan fingerprint density at radius 2 is 2.00 bits per heavy atom. The summed E-state index contributed by atoms with van der Waals surface area (Å²) < 4.78 is 46.4. The predicted molar refractivity (Wildman–Crippen MR) is 135 cm³/mol. The highest BCUT2D eigenvalue weighted by Gasteiger charge is 2.26. The molecule has 0 saturated carbocycles. The van der Waals surface area contributed by atoms with Gasteiger partial charge in [0.15, 0.2) is 11.6 Å². The monoisotopic (exact) mass is 593 g/mol. The highest BCUT2D eigenvalue weighted by atomic mass is 79.9. The summed E-state index contributed by atoms with van der Waals surface area (Å²) in [5, 5.41) is 12.0. The zero-order valence-electron chi connectivity index (χ0n) is 18.9. The lowest BCUT2D eigenvalue weighted by atomic mass is 9.91. The molecule has 1 atom stereocenters. The second-order valence-corrected chi connectivity index (χ2v) is 10.8. The third-order valence-corrected chi connectivity index (χ3v) is 6.44. The van der Waals surface area contributed by atoms with Crippen LogP contribution in [0, 0.1) is 23.1 Å². The molecule has 1 aliphatic rings. The summed E-state index contributed by atoms with van der Waals surface area (Å²) >= 11 is 9.20. The number of ether oxygens (including phenoxy) is 1. The number of nitrogens with zero attached hydrogens (tertiary/aromatic N) is 1. The van der Waals surface area contributed by atoms with Gasteiger partial charge in [0.1, 0.15) is 11.7 Å². The number of halogens is 3. The topological polar surface area (TPSA) is 125 Å². The van der Waals surface area contributed by atoms with Gasteiger partial charge in [0, 0.05) is 22.2 Å². The smallest absolute Gasteiger partial charge is 0.229 e. The van der Waals surface area contributed by atoms with E-state index in [1.54, 1.807) is 12.9 Å². The molecule has 0 aromatic heterocycles. The Morgan fingerprint density at radius 1 is 1.28 bits per heavy atom. The van der Waals surface area contributed by atoms with E-state index < -0.39 is 27.7 Å². The van der Waals surface area contributed by atoms with E-state index in [0.717, 1.165) is 6.26 Å². The molecule has 12 heteroatoms. The lowest BCUT2D eigenvalue weighted by molar-refractivity contribution is -0.119. The summed E-state index contributed by atoms with van der Waals surface area (Å²) in [5.74, 6) is -0.393. The number of hydrogen-bond acceptors (Lipinski definition) is 6. The van der Waals surface area contributed by atoms with Crippen molar-refractivity contribution in [3.8, 4) is 17.6 Å². The van der Waals surface area contributed by atoms with Gasteiger partial charge in [-0.05, 0) is 52.3 Å². The van der Waals surface area contributed by atoms with E-state index in [4.69, 9.17) is 21.6 Å². The molecule has 8 nitrogen and oxygen atoms in total. The van der Waals surface area contributed by atoms with Gasteiger partial charge in [0.05, 0.1) is 40.1 Å². The Labute approximate surface area is 220 Å². The van der Waals surface area contributed by atoms with Crippen molar-refractivity contribution in [2.75, 3.05) is 6.26 Å². The minimum atomic E-state index is -3.63. The molecular formula is C24H18BrClFN3O5S. The number of benzene rings is 2. The molecule has 1 aliphatic carbocycles. The highest BCUT2D eigenvalue weighted by molar-refractivity contribution is 9.10. The average Bonchev–Trinajstić information content (AvgIpc) is 2.79. The van der Waals surface area contributed by atoms with Gasteiger partial charge in [0.2, 0.25) is 15.9 Å². The van der Waals surface area contributed by atoms with Gasteiger partial charge in [-0.2, -0.15) is 5.26 Å². The number of nitrogens with one attached hydrogen (secondary N) is 2. The first-order chi connectivity index (χ1) is 16.9. The standard InChI is InChI=1S/C24H18BrClFN3O5S/c1-13-18(12-31)21(30-36(2,33)34)6-5-20(13)29-22(32)9-15-3-4-19(25)24(23(15)27)35-17-8-14(11-28)7-16(26)10-17/h3-8,10,13,30H,9H2,1-2H3,(H,29,32). The minimum absolute atomic E-state index is 0.0157. The first kappa shape index (κ1) is 27.2. The second kappa shape index (κ2) is 11.1. The SMILES string of the molecule is CC1C(=C=O)C(NS(C)(=O)=O)=CC=C1NC(=O)Cc1ccc(Br)c(Oc2cc(Cl)cc(C#N)c2)c1F. The number of amides is 1.